The summed E-state index contributed by atoms with van der Waals surface area (Å²) in [5, 5.41) is 8.65. The second-order valence-corrected chi connectivity index (χ2v) is 3.58. The van der Waals surface area contributed by atoms with E-state index in [2.05, 4.69) is 19.9 Å². The van der Waals surface area contributed by atoms with Crippen LogP contribution in [0.4, 0.5) is 0 Å². The maximum atomic E-state index is 8.65. The van der Waals surface area contributed by atoms with Crippen LogP contribution in [0.5, 0.6) is 5.75 Å². The lowest BCUT2D eigenvalue weighted by atomic mass is 10.0. The molecular formula is C14H21NO. The zero-order valence-corrected chi connectivity index (χ0v) is 10.8. The summed E-state index contributed by atoms with van der Waals surface area (Å²) >= 11 is 0. The average Bonchev–Trinajstić information content (AvgIpc) is 2.32. The van der Waals surface area contributed by atoms with E-state index in [0.29, 0.717) is 5.92 Å². The van der Waals surface area contributed by atoms with Crippen LogP contribution in [0.1, 0.15) is 46.1 Å². The third-order valence-corrected chi connectivity index (χ3v) is 2.03. The number of rotatable bonds is 3. The molecule has 16 heavy (non-hydrogen) atoms. The summed E-state index contributed by atoms with van der Waals surface area (Å²) in [5.74, 6) is 1.23. The highest BCUT2D eigenvalue weighted by Crippen LogP contribution is 2.26. The molecule has 2 nitrogen and oxygen atoms in total. The molecule has 1 aromatic carbocycles. The fraction of sp³-hybridized carbons (Fsp3) is 0.500. The standard InChI is InChI=1S/C12H15NO.C2H6/c1-9(2)11-6-4-5-7-12(11)14-10(3)8-13;1-2/h4-7,9-10H,1-3H3;1-2H3. The predicted molar refractivity (Wildman–Crippen MR) is 67.6 cm³/mol. The van der Waals surface area contributed by atoms with Gasteiger partial charge in [0.2, 0.25) is 0 Å². The van der Waals surface area contributed by atoms with Gasteiger partial charge in [-0.15, -0.1) is 0 Å². The molecule has 0 N–H and O–H groups in total. The molecule has 0 fully saturated rings. The number of nitrogens with zero attached hydrogens (tertiary/aromatic N) is 1. The van der Waals surface area contributed by atoms with Gasteiger partial charge in [-0.05, 0) is 24.5 Å². The van der Waals surface area contributed by atoms with E-state index in [0.717, 1.165) is 11.3 Å². The Labute approximate surface area is 98.9 Å². The quantitative estimate of drug-likeness (QED) is 0.765. The van der Waals surface area contributed by atoms with E-state index in [1.54, 1.807) is 6.92 Å². The lowest BCUT2D eigenvalue weighted by Crippen LogP contribution is -2.09. The topological polar surface area (TPSA) is 33.0 Å². The molecule has 1 atom stereocenters. The average molecular weight is 219 g/mol. The van der Waals surface area contributed by atoms with Crippen molar-refractivity contribution in [3.05, 3.63) is 29.8 Å². The van der Waals surface area contributed by atoms with Gasteiger partial charge in [0.15, 0.2) is 6.10 Å². The van der Waals surface area contributed by atoms with Gasteiger partial charge in [0.25, 0.3) is 0 Å². The van der Waals surface area contributed by atoms with Crippen molar-refractivity contribution in [3.8, 4) is 11.8 Å². The number of nitriles is 1. The summed E-state index contributed by atoms with van der Waals surface area (Å²) in [7, 11) is 0. The maximum Gasteiger partial charge on any atom is 0.181 e. The minimum absolute atomic E-state index is 0.394. The lowest BCUT2D eigenvalue weighted by Gasteiger charge is -2.14. The minimum Gasteiger partial charge on any atom is -0.476 e. The SMILES string of the molecule is CC.CC(C#N)Oc1ccccc1C(C)C. The molecule has 0 aliphatic carbocycles. The van der Waals surface area contributed by atoms with E-state index in [1.165, 1.54) is 0 Å². The molecule has 0 saturated carbocycles. The molecule has 0 heterocycles. The van der Waals surface area contributed by atoms with Crippen LogP contribution in [-0.4, -0.2) is 6.10 Å². The highest BCUT2D eigenvalue weighted by molar-refractivity contribution is 5.35. The van der Waals surface area contributed by atoms with E-state index < -0.39 is 6.10 Å². The fourth-order valence-corrected chi connectivity index (χ4v) is 1.28. The van der Waals surface area contributed by atoms with Crippen molar-refractivity contribution in [2.75, 3.05) is 0 Å². The number of benzene rings is 1. The van der Waals surface area contributed by atoms with Crippen molar-refractivity contribution in [2.24, 2.45) is 0 Å². The number of ether oxygens (including phenoxy) is 1. The van der Waals surface area contributed by atoms with E-state index in [1.807, 2.05) is 38.1 Å². The van der Waals surface area contributed by atoms with Gasteiger partial charge in [-0.2, -0.15) is 5.26 Å². The molecule has 2 heteroatoms. The summed E-state index contributed by atoms with van der Waals surface area (Å²) in [6, 6.07) is 9.90. The molecule has 0 aliphatic rings. The first-order valence-corrected chi connectivity index (χ1v) is 5.80. The summed E-state index contributed by atoms with van der Waals surface area (Å²) < 4.78 is 5.49. The highest BCUT2D eigenvalue weighted by Gasteiger charge is 2.09. The number of para-hydroxylation sites is 1. The number of hydrogen-bond donors (Lipinski definition) is 0. The Kier molecular flexibility index (Phi) is 7.03. The molecule has 0 bridgehead atoms. The Bertz CT molecular complexity index is 339. The first-order valence-electron chi connectivity index (χ1n) is 5.80. The Morgan fingerprint density at radius 1 is 1.12 bits per heavy atom. The fourth-order valence-electron chi connectivity index (χ4n) is 1.28. The van der Waals surface area contributed by atoms with E-state index in [9.17, 15) is 0 Å². The molecule has 1 unspecified atom stereocenters. The second kappa shape index (κ2) is 7.76. The van der Waals surface area contributed by atoms with Crippen LogP contribution < -0.4 is 4.74 Å². The first kappa shape index (κ1) is 14.5. The van der Waals surface area contributed by atoms with Gasteiger partial charge in [0.05, 0.1) is 0 Å². The van der Waals surface area contributed by atoms with Crippen molar-refractivity contribution in [2.45, 2.75) is 46.6 Å². The van der Waals surface area contributed by atoms with Gasteiger partial charge >= 0.3 is 0 Å². The molecule has 0 aromatic heterocycles. The smallest absolute Gasteiger partial charge is 0.181 e. The van der Waals surface area contributed by atoms with Crippen LogP contribution >= 0.6 is 0 Å². The zero-order valence-electron chi connectivity index (χ0n) is 10.8. The van der Waals surface area contributed by atoms with Gasteiger partial charge in [0.1, 0.15) is 11.8 Å². The highest BCUT2D eigenvalue weighted by atomic mass is 16.5. The van der Waals surface area contributed by atoms with Crippen LogP contribution in [-0.2, 0) is 0 Å². The second-order valence-electron chi connectivity index (χ2n) is 3.58. The van der Waals surface area contributed by atoms with Crippen molar-refractivity contribution in [1.29, 1.82) is 5.26 Å². The van der Waals surface area contributed by atoms with E-state index >= 15 is 0 Å². The Morgan fingerprint density at radius 2 is 1.69 bits per heavy atom. The summed E-state index contributed by atoms with van der Waals surface area (Å²) in [6.07, 6.45) is -0.394. The number of hydrogen-bond acceptors (Lipinski definition) is 2. The molecular weight excluding hydrogens is 198 g/mol. The normalized spacial score (nSPS) is 11.1. The maximum absolute atomic E-state index is 8.65. The van der Waals surface area contributed by atoms with E-state index in [-0.39, 0.29) is 0 Å². The van der Waals surface area contributed by atoms with Crippen LogP contribution in [0.25, 0.3) is 0 Å². The van der Waals surface area contributed by atoms with Crippen molar-refractivity contribution in [3.63, 3.8) is 0 Å². The molecule has 88 valence electrons. The third-order valence-electron chi connectivity index (χ3n) is 2.03. The Balaban J connectivity index is 0.00000106. The molecule has 0 radical (unpaired) electrons. The summed E-state index contributed by atoms with van der Waals surface area (Å²) in [4.78, 5) is 0. The van der Waals surface area contributed by atoms with Crippen molar-refractivity contribution >= 4 is 0 Å². The summed E-state index contributed by atoms with van der Waals surface area (Å²) in [6.45, 7) is 9.97. The Hall–Kier alpha value is -1.49. The molecule has 0 saturated heterocycles. The van der Waals surface area contributed by atoms with Crippen LogP contribution in [0.2, 0.25) is 0 Å². The van der Waals surface area contributed by atoms with Gasteiger partial charge in [0, 0.05) is 0 Å². The van der Waals surface area contributed by atoms with Crippen molar-refractivity contribution < 1.29 is 4.74 Å². The van der Waals surface area contributed by atoms with Gasteiger partial charge in [-0.3, -0.25) is 0 Å². The largest absolute Gasteiger partial charge is 0.476 e. The lowest BCUT2D eigenvalue weighted by molar-refractivity contribution is 0.273. The Morgan fingerprint density at radius 3 is 2.19 bits per heavy atom. The van der Waals surface area contributed by atoms with Crippen LogP contribution in [0.15, 0.2) is 24.3 Å². The third kappa shape index (κ3) is 4.35. The van der Waals surface area contributed by atoms with Crippen molar-refractivity contribution in [1.82, 2.24) is 0 Å². The van der Waals surface area contributed by atoms with Gasteiger partial charge < -0.3 is 4.74 Å². The molecule has 0 spiro atoms. The van der Waals surface area contributed by atoms with Gasteiger partial charge in [-0.25, -0.2) is 0 Å². The first-order chi connectivity index (χ1) is 7.65. The summed E-state index contributed by atoms with van der Waals surface area (Å²) in [5.41, 5.74) is 1.15. The monoisotopic (exact) mass is 219 g/mol. The van der Waals surface area contributed by atoms with Gasteiger partial charge in [-0.1, -0.05) is 45.9 Å². The predicted octanol–water partition coefficient (Wildman–Crippen LogP) is 4.13. The molecule has 0 amide bonds. The molecule has 1 rings (SSSR count). The zero-order chi connectivity index (χ0) is 12.6. The molecule has 1 aromatic rings. The van der Waals surface area contributed by atoms with E-state index in [4.69, 9.17) is 10.00 Å². The minimum atomic E-state index is -0.394. The van der Waals surface area contributed by atoms with Crippen LogP contribution in [0.3, 0.4) is 0 Å². The molecule has 0 aliphatic heterocycles. The van der Waals surface area contributed by atoms with Crippen LogP contribution in [0, 0.1) is 11.3 Å².